The van der Waals surface area contributed by atoms with E-state index in [2.05, 4.69) is 21.2 Å². The summed E-state index contributed by atoms with van der Waals surface area (Å²) < 4.78 is 0.910. The van der Waals surface area contributed by atoms with Crippen molar-refractivity contribution in [3.8, 4) is 0 Å². The number of carbonyl (C=O) groups is 2. The Bertz CT molecular complexity index is 1100. The van der Waals surface area contributed by atoms with Gasteiger partial charge in [0, 0.05) is 15.8 Å². The molecule has 5 nitrogen and oxygen atoms in total. The Morgan fingerprint density at radius 1 is 0.933 bits per heavy atom. The van der Waals surface area contributed by atoms with Crippen molar-refractivity contribution in [1.82, 2.24) is 0 Å². The van der Waals surface area contributed by atoms with E-state index in [1.54, 1.807) is 4.90 Å². The molecule has 1 amide bonds. The number of rotatable bonds is 6. The number of aliphatic carboxylic acids is 1. The summed E-state index contributed by atoms with van der Waals surface area (Å²) in [5.74, 6) is -1.24. The van der Waals surface area contributed by atoms with Crippen LogP contribution in [-0.4, -0.2) is 17.0 Å². The van der Waals surface area contributed by atoms with E-state index in [1.807, 2.05) is 84.9 Å². The van der Waals surface area contributed by atoms with Crippen LogP contribution in [0.1, 0.15) is 18.0 Å². The molecule has 4 rings (SSSR count). The van der Waals surface area contributed by atoms with Crippen molar-refractivity contribution in [3.05, 3.63) is 106 Å². The first-order valence-corrected chi connectivity index (χ1v) is 10.2. The summed E-state index contributed by atoms with van der Waals surface area (Å²) in [5, 5.41) is 12.8. The minimum atomic E-state index is -0.984. The van der Waals surface area contributed by atoms with Gasteiger partial charge in [-0.1, -0.05) is 64.5 Å². The summed E-state index contributed by atoms with van der Waals surface area (Å²) in [6.07, 6.45) is -0.245. The number of benzene rings is 3. The summed E-state index contributed by atoms with van der Waals surface area (Å²) in [6, 6.07) is 25.7. The maximum Gasteiger partial charge on any atom is 0.307 e. The van der Waals surface area contributed by atoms with Crippen molar-refractivity contribution >= 4 is 39.2 Å². The molecule has 0 spiro atoms. The van der Waals surface area contributed by atoms with Crippen LogP contribution in [0.2, 0.25) is 0 Å². The number of nitrogens with one attached hydrogen (secondary N) is 1. The molecule has 3 aromatic carbocycles. The highest BCUT2D eigenvalue weighted by molar-refractivity contribution is 9.10. The molecule has 1 heterocycles. The van der Waals surface area contributed by atoms with Gasteiger partial charge in [-0.15, -0.1) is 0 Å². The van der Waals surface area contributed by atoms with Crippen LogP contribution in [-0.2, 0) is 9.59 Å². The molecule has 1 atom stereocenters. The third-order valence-electron chi connectivity index (χ3n) is 4.95. The highest BCUT2D eigenvalue weighted by atomic mass is 79.9. The van der Waals surface area contributed by atoms with Gasteiger partial charge in [0.1, 0.15) is 5.70 Å². The van der Waals surface area contributed by atoms with Crippen molar-refractivity contribution in [3.63, 3.8) is 0 Å². The average molecular weight is 463 g/mol. The molecule has 0 radical (unpaired) electrons. The van der Waals surface area contributed by atoms with Crippen LogP contribution in [0.4, 0.5) is 11.4 Å². The van der Waals surface area contributed by atoms with E-state index < -0.39 is 12.0 Å². The molecule has 30 heavy (non-hydrogen) atoms. The van der Waals surface area contributed by atoms with Gasteiger partial charge in [0.05, 0.1) is 12.5 Å². The summed E-state index contributed by atoms with van der Waals surface area (Å²) in [5.41, 5.74) is 3.12. The van der Waals surface area contributed by atoms with Crippen LogP contribution < -0.4 is 10.2 Å². The number of hydrogen-bond donors (Lipinski definition) is 2. The normalized spacial score (nSPS) is 16.1. The fourth-order valence-electron chi connectivity index (χ4n) is 3.67. The molecule has 3 aromatic rings. The monoisotopic (exact) mass is 462 g/mol. The summed E-state index contributed by atoms with van der Waals surface area (Å²) in [4.78, 5) is 27.0. The second kappa shape index (κ2) is 8.55. The standard InChI is InChI=1S/C24H19BrN2O3/c25-17-13-11-16(12-14-17)23-20(15-21(28)29)22(26-18-7-3-1-4-8-18)24(30)27(23)19-9-5-2-6-10-19/h1-14,23,26H,15H2,(H,28,29)/t23-/m1/s1. The zero-order valence-corrected chi connectivity index (χ0v) is 17.5. The topological polar surface area (TPSA) is 69.6 Å². The number of nitrogens with zero attached hydrogens (tertiary/aromatic N) is 1. The van der Waals surface area contributed by atoms with Gasteiger partial charge in [-0.05, 0) is 47.5 Å². The molecule has 150 valence electrons. The first kappa shape index (κ1) is 19.9. The number of para-hydroxylation sites is 2. The number of carboxylic acid groups (broad SMARTS) is 1. The van der Waals surface area contributed by atoms with Crippen molar-refractivity contribution in [2.75, 3.05) is 10.2 Å². The third-order valence-corrected chi connectivity index (χ3v) is 5.48. The minimum Gasteiger partial charge on any atom is -0.481 e. The first-order chi connectivity index (χ1) is 14.5. The Labute approximate surface area is 182 Å². The van der Waals surface area contributed by atoms with Crippen LogP contribution in [0.5, 0.6) is 0 Å². The molecular formula is C24H19BrN2O3. The maximum atomic E-state index is 13.6. The predicted molar refractivity (Wildman–Crippen MR) is 120 cm³/mol. The predicted octanol–water partition coefficient (Wildman–Crippen LogP) is 5.38. The van der Waals surface area contributed by atoms with Gasteiger partial charge in [-0.2, -0.15) is 0 Å². The fraction of sp³-hybridized carbons (Fsp3) is 0.0833. The van der Waals surface area contributed by atoms with Gasteiger partial charge in [0.2, 0.25) is 0 Å². The quantitative estimate of drug-likeness (QED) is 0.515. The van der Waals surface area contributed by atoms with Gasteiger partial charge in [0.15, 0.2) is 0 Å². The minimum absolute atomic E-state index is 0.245. The lowest BCUT2D eigenvalue weighted by Crippen LogP contribution is -2.31. The second-order valence-corrected chi connectivity index (χ2v) is 7.84. The number of amides is 1. The van der Waals surface area contributed by atoms with Gasteiger partial charge in [-0.25, -0.2) is 0 Å². The Morgan fingerprint density at radius 3 is 2.13 bits per heavy atom. The largest absolute Gasteiger partial charge is 0.481 e. The molecule has 2 N–H and O–H groups in total. The number of carbonyl (C=O) groups excluding carboxylic acids is 1. The smallest absolute Gasteiger partial charge is 0.307 e. The summed E-state index contributed by atoms with van der Waals surface area (Å²) in [6.45, 7) is 0. The zero-order chi connectivity index (χ0) is 21.1. The highest BCUT2D eigenvalue weighted by Crippen LogP contribution is 2.43. The lowest BCUT2D eigenvalue weighted by atomic mass is 9.96. The molecule has 0 aliphatic carbocycles. The number of hydrogen-bond acceptors (Lipinski definition) is 3. The van der Waals surface area contributed by atoms with Crippen LogP contribution in [0.25, 0.3) is 0 Å². The SMILES string of the molecule is O=C(O)CC1=C(Nc2ccccc2)C(=O)N(c2ccccc2)[C@@H]1c1ccc(Br)cc1. The van der Waals surface area contributed by atoms with E-state index in [-0.39, 0.29) is 12.3 Å². The Kier molecular flexibility index (Phi) is 5.68. The van der Waals surface area contributed by atoms with Gasteiger partial charge in [0.25, 0.3) is 5.91 Å². The first-order valence-electron chi connectivity index (χ1n) is 9.45. The van der Waals surface area contributed by atoms with Crippen LogP contribution in [0.3, 0.4) is 0 Å². The molecule has 0 unspecified atom stereocenters. The van der Waals surface area contributed by atoms with Crippen LogP contribution in [0, 0.1) is 0 Å². The molecular weight excluding hydrogens is 444 g/mol. The third kappa shape index (κ3) is 4.00. The maximum absolute atomic E-state index is 13.6. The number of carboxylic acids is 1. The van der Waals surface area contributed by atoms with Gasteiger partial charge in [-0.3, -0.25) is 14.5 Å². The summed E-state index contributed by atoms with van der Waals surface area (Å²) >= 11 is 3.44. The molecule has 6 heteroatoms. The van der Waals surface area contributed by atoms with E-state index >= 15 is 0 Å². The van der Waals surface area contributed by atoms with E-state index in [0.29, 0.717) is 17.0 Å². The van der Waals surface area contributed by atoms with Crippen LogP contribution in [0.15, 0.2) is 101 Å². The Morgan fingerprint density at radius 2 is 1.53 bits per heavy atom. The van der Waals surface area contributed by atoms with Gasteiger partial charge < -0.3 is 10.4 Å². The average Bonchev–Trinajstić information content (AvgIpc) is 3.01. The molecule has 0 fully saturated rings. The van der Waals surface area contributed by atoms with Gasteiger partial charge >= 0.3 is 5.97 Å². The van der Waals surface area contributed by atoms with Crippen molar-refractivity contribution in [2.24, 2.45) is 0 Å². The van der Waals surface area contributed by atoms with E-state index in [1.165, 1.54) is 0 Å². The number of halogens is 1. The molecule has 0 bridgehead atoms. The summed E-state index contributed by atoms with van der Waals surface area (Å²) in [7, 11) is 0. The highest BCUT2D eigenvalue weighted by Gasteiger charge is 2.41. The zero-order valence-electron chi connectivity index (χ0n) is 16.0. The second-order valence-electron chi connectivity index (χ2n) is 6.93. The number of anilines is 2. The molecule has 1 aliphatic heterocycles. The lowest BCUT2D eigenvalue weighted by Gasteiger charge is -2.27. The molecule has 1 aliphatic rings. The fourth-order valence-corrected chi connectivity index (χ4v) is 3.93. The molecule has 0 aromatic heterocycles. The van der Waals surface area contributed by atoms with Crippen molar-refractivity contribution < 1.29 is 14.7 Å². The molecule has 0 saturated carbocycles. The van der Waals surface area contributed by atoms with E-state index in [9.17, 15) is 14.7 Å². The Balaban J connectivity index is 1.87. The lowest BCUT2D eigenvalue weighted by molar-refractivity contribution is -0.136. The molecule has 0 saturated heterocycles. The van der Waals surface area contributed by atoms with Crippen molar-refractivity contribution in [2.45, 2.75) is 12.5 Å². The Hall–Kier alpha value is -3.38. The van der Waals surface area contributed by atoms with Crippen LogP contribution >= 0.6 is 15.9 Å². The van der Waals surface area contributed by atoms with E-state index in [4.69, 9.17) is 0 Å². The van der Waals surface area contributed by atoms with Crippen molar-refractivity contribution in [1.29, 1.82) is 0 Å². The van der Waals surface area contributed by atoms with E-state index in [0.717, 1.165) is 15.7 Å².